The molecule has 2 N–H and O–H groups in total. The Balaban J connectivity index is 1.39. The van der Waals surface area contributed by atoms with Crippen molar-refractivity contribution in [1.29, 1.82) is 0 Å². The van der Waals surface area contributed by atoms with Crippen LogP contribution in [0.2, 0.25) is 0 Å². The van der Waals surface area contributed by atoms with Crippen molar-refractivity contribution >= 4 is 23.4 Å². The quantitative estimate of drug-likeness (QED) is 0.318. The maximum atomic E-state index is 14.1. The van der Waals surface area contributed by atoms with Gasteiger partial charge in [-0.2, -0.15) is 0 Å². The first kappa shape index (κ1) is 29.8. The largest absolute Gasteiger partial charge is 0.379 e. The molecule has 8 heteroatoms. The first-order valence-corrected chi connectivity index (χ1v) is 15.5. The minimum absolute atomic E-state index is 0.0541. The molecule has 8 nitrogen and oxygen atoms in total. The van der Waals surface area contributed by atoms with Crippen molar-refractivity contribution in [2.75, 3.05) is 18.5 Å². The number of hydrogen-bond donors (Lipinski definition) is 2. The number of nitrogens with zero attached hydrogens (tertiary/aromatic N) is 1. The van der Waals surface area contributed by atoms with E-state index in [1.54, 1.807) is 4.90 Å². The van der Waals surface area contributed by atoms with Gasteiger partial charge in [-0.3, -0.25) is 14.4 Å². The van der Waals surface area contributed by atoms with E-state index in [-0.39, 0.29) is 29.9 Å². The first-order chi connectivity index (χ1) is 19.5. The van der Waals surface area contributed by atoms with Gasteiger partial charge in [-0.1, -0.05) is 64.8 Å². The van der Waals surface area contributed by atoms with Crippen LogP contribution in [0.3, 0.4) is 0 Å². The molecule has 8 unspecified atom stereocenters. The van der Waals surface area contributed by atoms with Crippen LogP contribution in [0.1, 0.15) is 78.7 Å². The molecule has 4 aliphatic rings. The first-order valence-electron chi connectivity index (χ1n) is 15.5. The number of likely N-dealkylation sites (tertiary alicyclic amines) is 1. The predicted octanol–water partition coefficient (Wildman–Crippen LogP) is 4.66. The Hall–Kier alpha value is -2.71. The third kappa shape index (κ3) is 5.57. The lowest BCUT2D eigenvalue weighted by molar-refractivity contribution is -0.142. The molecular weight excluding hydrogens is 518 g/mol. The van der Waals surface area contributed by atoms with Crippen LogP contribution in [-0.4, -0.2) is 65.7 Å². The number of hydrogen-bond acceptors (Lipinski definition) is 5. The summed E-state index contributed by atoms with van der Waals surface area (Å²) in [5.74, 6) is -0.835. The number of carbonyl (C=O) groups is 3. The Morgan fingerprint density at radius 1 is 1.10 bits per heavy atom. The summed E-state index contributed by atoms with van der Waals surface area (Å²) in [5, 5.41) is 6.33. The van der Waals surface area contributed by atoms with E-state index in [1.807, 2.05) is 50.3 Å². The van der Waals surface area contributed by atoms with Gasteiger partial charge < -0.3 is 25.0 Å². The highest BCUT2D eigenvalue weighted by Crippen LogP contribution is 2.55. The summed E-state index contributed by atoms with van der Waals surface area (Å²) in [6, 6.07) is 7.04. The summed E-state index contributed by atoms with van der Waals surface area (Å²) in [7, 11) is 0. The maximum absolute atomic E-state index is 14.1. The molecule has 0 radical (unpaired) electrons. The molecular formula is C33H47N3O5. The number of benzene rings is 1. The second-order valence-electron chi connectivity index (χ2n) is 13.2. The third-order valence-corrected chi connectivity index (χ3v) is 9.80. The lowest BCUT2D eigenvalue weighted by Gasteiger charge is -2.38. The third-order valence-electron chi connectivity index (χ3n) is 9.80. The zero-order valence-electron chi connectivity index (χ0n) is 25.4. The van der Waals surface area contributed by atoms with Crippen LogP contribution in [0.25, 0.3) is 0 Å². The van der Waals surface area contributed by atoms with Crippen LogP contribution in [0.4, 0.5) is 5.69 Å². The summed E-state index contributed by atoms with van der Waals surface area (Å²) in [5.41, 5.74) is 0.715. The fourth-order valence-electron chi connectivity index (χ4n) is 7.29. The molecule has 3 fully saturated rings. The SMILES string of the molecule is CC(C)OCCCN1C(=O)C2C(C(=O)Nc3ccc(C(C)C)cc3)C3C=CC2(O3)C1C(=O)NC1CCCC(C)C1C. The van der Waals surface area contributed by atoms with E-state index >= 15 is 0 Å². The molecule has 5 rings (SSSR count). The number of nitrogens with one attached hydrogen (secondary N) is 2. The fourth-order valence-corrected chi connectivity index (χ4v) is 7.29. The van der Waals surface area contributed by atoms with E-state index in [4.69, 9.17) is 9.47 Å². The number of carbonyl (C=O) groups excluding carboxylic acids is 3. The second-order valence-corrected chi connectivity index (χ2v) is 13.2. The molecule has 8 atom stereocenters. The molecule has 1 aromatic rings. The molecule has 1 aliphatic carbocycles. The maximum Gasteiger partial charge on any atom is 0.246 e. The number of ether oxygens (including phenoxy) is 2. The smallest absolute Gasteiger partial charge is 0.246 e. The van der Waals surface area contributed by atoms with Gasteiger partial charge >= 0.3 is 0 Å². The average molecular weight is 566 g/mol. The van der Waals surface area contributed by atoms with Gasteiger partial charge in [0.15, 0.2) is 0 Å². The average Bonchev–Trinajstić information content (AvgIpc) is 3.57. The Labute approximate surface area is 244 Å². The summed E-state index contributed by atoms with van der Waals surface area (Å²) >= 11 is 0. The van der Waals surface area contributed by atoms with E-state index in [2.05, 4.69) is 38.3 Å². The van der Waals surface area contributed by atoms with Crippen molar-refractivity contribution in [3.63, 3.8) is 0 Å². The van der Waals surface area contributed by atoms with Crippen LogP contribution < -0.4 is 10.6 Å². The number of anilines is 1. The summed E-state index contributed by atoms with van der Waals surface area (Å²) in [6.07, 6.45) is 7.04. The molecule has 3 heterocycles. The Morgan fingerprint density at radius 3 is 2.51 bits per heavy atom. The molecule has 3 amide bonds. The molecule has 2 saturated heterocycles. The highest BCUT2D eigenvalue weighted by molar-refractivity contribution is 6.02. The van der Waals surface area contributed by atoms with E-state index in [0.717, 1.165) is 19.3 Å². The van der Waals surface area contributed by atoms with Gasteiger partial charge in [0.25, 0.3) is 0 Å². The second kappa shape index (κ2) is 11.9. The molecule has 224 valence electrons. The van der Waals surface area contributed by atoms with E-state index < -0.39 is 29.6 Å². The minimum Gasteiger partial charge on any atom is -0.379 e. The van der Waals surface area contributed by atoms with Crippen molar-refractivity contribution < 1.29 is 23.9 Å². The van der Waals surface area contributed by atoms with Crippen LogP contribution in [-0.2, 0) is 23.9 Å². The van der Waals surface area contributed by atoms with E-state index in [1.165, 1.54) is 5.56 Å². The highest BCUT2D eigenvalue weighted by Gasteiger charge is 2.72. The van der Waals surface area contributed by atoms with Gasteiger partial charge in [0.1, 0.15) is 11.6 Å². The lowest BCUT2D eigenvalue weighted by Crippen LogP contribution is -2.58. The highest BCUT2D eigenvalue weighted by atomic mass is 16.5. The molecule has 41 heavy (non-hydrogen) atoms. The van der Waals surface area contributed by atoms with Crippen LogP contribution >= 0.6 is 0 Å². The number of amides is 3. The summed E-state index contributed by atoms with van der Waals surface area (Å²) in [4.78, 5) is 43.6. The van der Waals surface area contributed by atoms with Gasteiger partial charge in [0, 0.05) is 24.9 Å². The molecule has 1 saturated carbocycles. The van der Waals surface area contributed by atoms with E-state index in [0.29, 0.717) is 43.0 Å². The van der Waals surface area contributed by atoms with Gasteiger partial charge in [0.05, 0.1) is 24.0 Å². The molecule has 3 aliphatic heterocycles. The van der Waals surface area contributed by atoms with Gasteiger partial charge in [-0.05, 0) is 62.1 Å². The summed E-state index contributed by atoms with van der Waals surface area (Å²) in [6.45, 7) is 13.5. The van der Waals surface area contributed by atoms with Gasteiger partial charge in [-0.25, -0.2) is 0 Å². The van der Waals surface area contributed by atoms with Crippen molar-refractivity contribution in [2.24, 2.45) is 23.7 Å². The fraction of sp³-hybridized carbons (Fsp3) is 0.667. The van der Waals surface area contributed by atoms with Gasteiger partial charge in [0.2, 0.25) is 17.7 Å². The minimum atomic E-state index is -1.15. The lowest BCUT2D eigenvalue weighted by atomic mass is 9.73. The molecule has 1 aromatic carbocycles. The van der Waals surface area contributed by atoms with Crippen molar-refractivity contribution in [1.82, 2.24) is 10.2 Å². The summed E-state index contributed by atoms with van der Waals surface area (Å²) < 4.78 is 12.2. The molecule has 2 bridgehead atoms. The van der Waals surface area contributed by atoms with Crippen LogP contribution in [0.5, 0.6) is 0 Å². The van der Waals surface area contributed by atoms with Crippen LogP contribution in [0.15, 0.2) is 36.4 Å². The molecule has 0 aromatic heterocycles. The monoisotopic (exact) mass is 565 g/mol. The van der Waals surface area contributed by atoms with E-state index in [9.17, 15) is 14.4 Å². The van der Waals surface area contributed by atoms with Crippen molar-refractivity contribution in [3.8, 4) is 0 Å². The zero-order valence-corrected chi connectivity index (χ0v) is 25.4. The van der Waals surface area contributed by atoms with Crippen LogP contribution in [0, 0.1) is 23.7 Å². The number of fused-ring (bicyclic) bond motifs is 1. The van der Waals surface area contributed by atoms with Crippen molar-refractivity contribution in [3.05, 3.63) is 42.0 Å². The zero-order chi connectivity index (χ0) is 29.5. The van der Waals surface area contributed by atoms with Gasteiger partial charge in [-0.15, -0.1) is 0 Å². The standard InChI is InChI=1S/C33H47N3O5/c1-19(2)23-11-13-24(14-12-23)34-30(37)27-26-15-16-33(41-26)28(27)32(39)36(17-8-18-40-20(3)4)29(33)31(38)35-25-10-7-9-21(5)22(25)6/h11-16,19-22,25-29H,7-10,17-18H2,1-6H3,(H,34,37)(H,35,38). The topological polar surface area (TPSA) is 97.0 Å². The molecule has 1 spiro atoms. The van der Waals surface area contributed by atoms with Crippen molar-refractivity contribution in [2.45, 2.75) is 103 Å². The number of rotatable bonds is 10. The predicted molar refractivity (Wildman–Crippen MR) is 158 cm³/mol. The Bertz CT molecular complexity index is 1160. The normalized spacial score (nSPS) is 34.0. The Morgan fingerprint density at radius 2 is 1.83 bits per heavy atom. The Kier molecular flexibility index (Phi) is 8.63.